The van der Waals surface area contributed by atoms with Gasteiger partial charge < -0.3 is 29.6 Å². The summed E-state index contributed by atoms with van der Waals surface area (Å²) in [4.78, 5) is 31.2. The van der Waals surface area contributed by atoms with Crippen LogP contribution in [0.1, 0.15) is 11.9 Å². The van der Waals surface area contributed by atoms with Gasteiger partial charge >= 0.3 is 0 Å². The molecule has 1 saturated heterocycles. The number of nitrogens with two attached hydrogens (primary N) is 1. The van der Waals surface area contributed by atoms with Crippen molar-refractivity contribution < 1.29 is 14.6 Å². The van der Waals surface area contributed by atoms with Crippen molar-refractivity contribution in [3.8, 4) is 0 Å². The maximum Gasteiger partial charge on any atom is 0.248 e. The molecule has 1 amide bonds. The van der Waals surface area contributed by atoms with Crippen molar-refractivity contribution in [1.82, 2.24) is 34.0 Å². The van der Waals surface area contributed by atoms with E-state index in [0.717, 1.165) is 16.9 Å². The molecule has 0 unspecified atom stereocenters. The van der Waals surface area contributed by atoms with E-state index in [4.69, 9.17) is 10.5 Å². The molecule has 0 spiro atoms. The van der Waals surface area contributed by atoms with Crippen molar-refractivity contribution in [2.75, 3.05) is 25.4 Å². The summed E-state index contributed by atoms with van der Waals surface area (Å²) in [5.41, 5.74) is 8.74. The number of aromatic nitrogens is 6. The Morgan fingerprint density at radius 1 is 1.26 bits per heavy atom. The van der Waals surface area contributed by atoms with Crippen LogP contribution in [0.4, 0.5) is 5.82 Å². The molecule has 0 aliphatic carbocycles. The molecule has 1 aliphatic rings. The van der Waals surface area contributed by atoms with E-state index in [2.05, 4.69) is 19.9 Å². The summed E-state index contributed by atoms with van der Waals surface area (Å²) < 4.78 is 9.33. The maximum absolute atomic E-state index is 12.7. The predicted octanol–water partition coefficient (Wildman–Crippen LogP) is 0.256. The molecule has 4 heterocycles. The lowest BCUT2D eigenvalue weighted by atomic mass is 10.2. The largest absolute Gasteiger partial charge is 0.389 e. The number of carbonyl (C=O) groups excluding carboxylic acids is 1. The van der Waals surface area contributed by atoms with Gasteiger partial charge in [-0.25, -0.2) is 19.9 Å². The summed E-state index contributed by atoms with van der Waals surface area (Å²) in [5, 5.41) is 10.6. The van der Waals surface area contributed by atoms with Gasteiger partial charge in [0.25, 0.3) is 0 Å². The van der Waals surface area contributed by atoms with Gasteiger partial charge in [-0.3, -0.25) is 4.79 Å². The molecule has 4 aromatic rings. The molecule has 160 valence electrons. The second-order valence-electron chi connectivity index (χ2n) is 7.58. The molecular weight excluding hydrogens is 400 g/mol. The normalized spacial score (nSPS) is 19.0. The van der Waals surface area contributed by atoms with Gasteiger partial charge in [0, 0.05) is 20.1 Å². The fourth-order valence-corrected chi connectivity index (χ4v) is 4.00. The number of carbonyl (C=O) groups is 1. The van der Waals surface area contributed by atoms with Crippen molar-refractivity contribution in [3.63, 3.8) is 0 Å². The van der Waals surface area contributed by atoms with E-state index < -0.39 is 6.10 Å². The van der Waals surface area contributed by atoms with Crippen LogP contribution in [0.25, 0.3) is 22.2 Å². The number of imidazole rings is 2. The average Bonchev–Trinajstić information content (AvgIpc) is 3.45. The minimum Gasteiger partial charge on any atom is -0.389 e. The average molecular weight is 422 g/mol. The number of β-amino-alcohol motifs (C(OH)–C–C–N with tert-alkyl or cyclic N) is 1. The lowest BCUT2D eigenvalue weighted by Gasteiger charge is -2.17. The molecule has 3 aromatic heterocycles. The number of para-hydroxylation sites is 2. The number of nitrogens with zero attached hydrogens (tertiary/aromatic N) is 7. The number of fused-ring (bicyclic) bond motifs is 2. The highest BCUT2D eigenvalue weighted by Crippen LogP contribution is 2.26. The molecule has 1 fully saturated rings. The van der Waals surface area contributed by atoms with E-state index in [1.54, 1.807) is 15.8 Å². The Morgan fingerprint density at radius 2 is 2.10 bits per heavy atom. The lowest BCUT2D eigenvalue weighted by molar-refractivity contribution is -0.136. The Hall–Kier alpha value is -3.57. The molecule has 11 heteroatoms. The molecule has 1 aliphatic heterocycles. The number of amides is 1. The fourth-order valence-electron chi connectivity index (χ4n) is 4.00. The molecule has 0 saturated carbocycles. The van der Waals surface area contributed by atoms with Gasteiger partial charge in [0.15, 0.2) is 11.5 Å². The van der Waals surface area contributed by atoms with E-state index >= 15 is 0 Å². The van der Waals surface area contributed by atoms with Gasteiger partial charge in [-0.15, -0.1) is 0 Å². The number of nitrogen functional groups attached to an aromatic ring is 1. The minimum absolute atomic E-state index is 0.0948. The number of hydrogen-bond donors (Lipinski definition) is 2. The van der Waals surface area contributed by atoms with Crippen molar-refractivity contribution in [2.45, 2.75) is 18.8 Å². The van der Waals surface area contributed by atoms with Crippen LogP contribution in [0, 0.1) is 0 Å². The summed E-state index contributed by atoms with van der Waals surface area (Å²) in [7, 11) is 1.92. The summed E-state index contributed by atoms with van der Waals surface area (Å²) in [6.45, 7) is 0.659. The van der Waals surface area contributed by atoms with Crippen molar-refractivity contribution in [2.24, 2.45) is 7.05 Å². The summed E-state index contributed by atoms with van der Waals surface area (Å²) in [5.74, 6) is 0.828. The van der Waals surface area contributed by atoms with E-state index in [1.807, 2.05) is 35.9 Å². The zero-order chi connectivity index (χ0) is 21.5. The number of aryl methyl sites for hydroxylation is 1. The van der Waals surface area contributed by atoms with Crippen LogP contribution in [0.15, 0.2) is 36.9 Å². The lowest BCUT2D eigenvalue weighted by Crippen LogP contribution is -2.33. The smallest absolute Gasteiger partial charge is 0.248 e. The van der Waals surface area contributed by atoms with Crippen LogP contribution in [0.2, 0.25) is 0 Å². The Kier molecular flexibility index (Phi) is 4.75. The Bertz CT molecular complexity index is 1270. The summed E-state index contributed by atoms with van der Waals surface area (Å²) in [6, 6.07) is 7.44. The number of benzene rings is 1. The first kappa shape index (κ1) is 19.4. The summed E-state index contributed by atoms with van der Waals surface area (Å²) in [6.07, 6.45) is 2.17. The quantitative estimate of drug-likeness (QED) is 0.467. The SMILES string of the molecule is Cn1c(COCC(=O)N2C[C@@H](O)[C@H](n3cnc4c(N)ncnc43)C2)nc2ccccc21. The second-order valence-corrected chi connectivity index (χ2v) is 7.58. The fraction of sp³-hybridized carbons (Fsp3) is 0.350. The molecule has 11 nitrogen and oxygen atoms in total. The molecule has 31 heavy (non-hydrogen) atoms. The van der Waals surface area contributed by atoms with Crippen molar-refractivity contribution in [1.29, 1.82) is 0 Å². The topological polar surface area (TPSA) is 137 Å². The van der Waals surface area contributed by atoms with Gasteiger partial charge in [0.1, 0.15) is 30.9 Å². The maximum atomic E-state index is 12.7. The minimum atomic E-state index is -0.752. The zero-order valence-corrected chi connectivity index (χ0v) is 16.9. The third-order valence-corrected chi connectivity index (χ3v) is 5.69. The number of rotatable bonds is 5. The molecule has 0 radical (unpaired) electrons. The zero-order valence-electron chi connectivity index (χ0n) is 16.9. The number of anilines is 1. The third-order valence-electron chi connectivity index (χ3n) is 5.69. The molecule has 3 N–H and O–H groups in total. The number of ether oxygens (including phenoxy) is 1. The second kappa shape index (κ2) is 7.60. The first-order valence-corrected chi connectivity index (χ1v) is 9.90. The Morgan fingerprint density at radius 3 is 2.94 bits per heavy atom. The van der Waals surface area contributed by atoms with Gasteiger partial charge in [-0.2, -0.15) is 0 Å². The molecule has 2 atom stereocenters. The Labute approximate surface area is 177 Å². The number of aliphatic hydroxyl groups is 1. The monoisotopic (exact) mass is 422 g/mol. The first-order valence-electron chi connectivity index (χ1n) is 9.90. The van der Waals surface area contributed by atoms with Crippen molar-refractivity contribution >= 4 is 33.9 Å². The molecular formula is C20H22N8O3. The van der Waals surface area contributed by atoms with Crippen LogP contribution in [0.5, 0.6) is 0 Å². The van der Waals surface area contributed by atoms with Crippen LogP contribution < -0.4 is 5.73 Å². The standard InChI is InChI=1S/C20H22N8O3/c1-26-13-5-3-2-4-12(13)25-16(26)8-31-9-17(30)27-6-14(15(29)7-27)28-11-24-18-19(21)22-10-23-20(18)28/h2-5,10-11,14-15,29H,6-9H2,1H3,(H2,21,22,23)/t14-,15-/m1/s1. The molecule has 1 aromatic carbocycles. The Balaban J connectivity index is 1.23. The van der Waals surface area contributed by atoms with E-state index in [0.29, 0.717) is 17.7 Å². The highest BCUT2D eigenvalue weighted by Gasteiger charge is 2.36. The van der Waals surface area contributed by atoms with Gasteiger partial charge in [-0.1, -0.05) is 12.1 Å². The highest BCUT2D eigenvalue weighted by molar-refractivity contribution is 5.81. The predicted molar refractivity (Wildman–Crippen MR) is 112 cm³/mol. The molecule has 5 rings (SSSR count). The summed E-state index contributed by atoms with van der Waals surface area (Å²) >= 11 is 0. The number of hydrogen-bond acceptors (Lipinski definition) is 8. The third kappa shape index (κ3) is 3.37. The van der Waals surface area contributed by atoms with E-state index in [9.17, 15) is 9.90 Å². The van der Waals surface area contributed by atoms with E-state index in [1.165, 1.54) is 6.33 Å². The number of likely N-dealkylation sites (tertiary alicyclic amines) is 1. The van der Waals surface area contributed by atoms with Gasteiger partial charge in [-0.05, 0) is 12.1 Å². The van der Waals surface area contributed by atoms with Gasteiger partial charge in [0.05, 0.1) is 29.5 Å². The van der Waals surface area contributed by atoms with Crippen LogP contribution in [0.3, 0.4) is 0 Å². The molecule has 0 bridgehead atoms. The highest BCUT2D eigenvalue weighted by atomic mass is 16.5. The van der Waals surface area contributed by atoms with E-state index in [-0.39, 0.29) is 37.5 Å². The first-order chi connectivity index (χ1) is 15.0. The number of aliphatic hydroxyl groups excluding tert-OH is 1. The van der Waals surface area contributed by atoms with Crippen LogP contribution >= 0.6 is 0 Å². The van der Waals surface area contributed by atoms with Gasteiger partial charge in [0.2, 0.25) is 5.91 Å². The van der Waals surface area contributed by atoms with Crippen molar-refractivity contribution in [3.05, 3.63) is 42.7 Å². The van der Waals surface area contributed by atoms with Crippen LogP contribution in [-0.2, 0) is 23.2 Å². The van der Waals surface area contributed by atoms with Crippen LogP contribution in [-0.4, -0.2) is 70.8 Å².